The molecule has 1 heterocycles. The molecule has 0 fully saturated rings. The molecule has 7 nitrogen and oxygen atoms in total. The van der Waals surface area contributed by atoms with Gasteiger partial charge in [0, 0.05) is 25.0 Å². The standard InChI is InChI=1S/C16H18F3N5O2/c1-3-7-20-13-12(9-21-23-13)14(25)22-10-5-4-6-11(8-10)24(2)15(26)16(17,18)19/h4-6,8-9H,3,7H2,1-2H3,(H,22,25)(H2,20,21,23). The summed E-state index contributed by atoms with van der Waals surface area (Å²) in [5.41, 5.74) is 0.516. The van der Waals surface area contributed by atoms with Crippen molar-refractivity contribution < 1.29 is 22.8 Å². The van der Waals surface area contributed by atoms with E-state index in [1.807, 2.05) is 6.92 Å². The summed E-state index contributed by atoms with van der Waals surface area (Å²) in [5, 5.41) is 12.1. The van der Waals surface area contributed by atoms with Crippen LogP contribution in [-0.2, 0) is 4.79 Å². The molecule has 1 aromatic heterocycles. The van der Waals surface area contributed by atoms with Crippen LogP contribution >= 0.6 is 0 Å². The van der Waals surface area contributed by atoms with E-state index in [0.29, 0.717) is 17.3 Å². The van der Waals surface area contributed by atoms with Crippen LogP contribution in [0.4, 0.5) is 30.4 Å². The second-order valence-electron chi connectivity index (χ2n) is 5.45. The van der Waals surface area contributed by atoms with Crippen LogP contribution in [0.15, 0.2) is 30.5 Å². The van der Waals surface area contributed by atoms with Crippen molar-refractivity contribution in [3.8, 4) is 0 Å². The van der Waals surface area contributed by atoms with Gasteiger partial charge in [-0.05, 0) is 24.6 Å². The summed E-state index contributed by atoms with van der Waals surface area (Å²) >= 11 is 0. The molecule has 2 rings (SSSR count). The molecule has 0 saturated carbocycles. The highest BCUT2D eigenvalue weighted by atomic mass is 19.4. The fraction of sp³-hybridized carbons (Fsp3) is 0.312. The van der Waals surface area contributed by atoms with Crippen molar-refractivity contribution >= 4 is 29.0 Å². The molecule has 0 aliphatic heterocycles. The lowest BCUT2D eigenvalue weighted by molar-refractivity contribution is -0.170. The zero-order valence-electron chi connectivity index (χ0n) is 14.1. The average Bonchev–Trinajstić information content (AvgIpc) is 3.06. The number of rotatable bonds is 6. The van der Waals surface area contributed by atoms with E-state index in [2.05, 4.69) is 20.8 Å². The van der Waals surface area contributed by atoms with Gasteiger partial charge in [0.2, 0.25) is 0 Å². The summed E-state index contributed by atoms with van der Waals surface area (Å²) in [6.07, 6.45) is -2.79. The highest BCUT2D eigenvalue weighted by Crippen LogP contribution is 2.25. The minimum Gasteiger partial charge on any atom is -0.370 e. The van der Waals surface area contributed by atoms with Crippen molar-refractivity contribution in [3.05, 3.63) is 36.0 Å². The molecule has 0 atom stereocenters. The SMILES string of the molecule is CCCNc1[nH]ncc1C(=O)Nc1cccc(N(C)C(=O)C(F)(F)F)c1. The van der Waals surface area contributed by atoms with E-state index in [1.165, 1.54) is 30.5 Å². The summed E-state index contributed by atoms with van der Waals surface area (Å²) < 4.78 is 37.6. The first-order valence-electron chi connectivity index (χ1n) is 7.77. The molecule has 0 saturated heterocycles. The summed E-state index contributed by atoms with van der Waals surface area (Å²) in [6.45, 7) is 2.61. The van der Waals surface area contributed by atoms with Crippen LogP contribution in [0.1, 0.15) is 23.7 Å². The average molecular weight is 369 g/mol. The maximum atomic E-state index is 12.5. The Labute approximate surface area is 147 Å². The third kappa shape index (κ3) is 4.52. The number of carbonyl (C=O) groups excluding carboxylic acids is 2. The number of H-pyrrole nitrogens is 1. The molecular weight excluding hydrogens is 351 g/mol. The summed E-state index contributed by atoms with van der Waals surface area (Å²) in [4.78, 5) is 24.2. The van der Waals surface area contributed by atoms with Crippen LogP contribution in [0.25, 0.3) is 0 Å². The quantitative estimate of drug-likeness (QED) is 0.730. The lowest BCUT2D eigenvalue weighted by Crippen LogP contribution is -2.38. The maximum Gasteiger partial charge on any atom is 0.471 e. The topological polar surface area (TPSA) is 90.1 Å². The molecule has 0 radical (unpaired) electrons. The molecule has 0 aliphatic carbocycles. The summed E-state index contributed by atoms with van der Waals surface area (Å²) in [6, 6.07) is 5.56. The predicted molar refractivity (Wildman–Crippen MR) is 91.2 cm³/mol. The third-order valence-electron chi connectivity index (χ3n) is 3.47. The van der Waals surface area contributed by atoms with Crippen molar-refractivity contribution in [1.29, 1.82) is 0 Å². The number of benzene rings is 1. The van der Waals surface area contributed by atoms with E-state index in [-0.39, 0.29) is 16.9 Å². The van der Waals surface area contributed by atoms with E-state index in [9.17, 15) is 22.8 Å². The second kappa shape index (κ2) is 7.89. The van der Waals surface area contributed by atoms with Gasteiger partial charge in [-0.3, -0.25) is 14.7 Å². The number of aromatic nitrogens is 2. The van der Waals surface area contributed by atoms with Gasteiger partial charge in [-0.2, -0.15) is 18.3 Å². The number of hydrogen-bond acceptors (Lipinski definition) is 4. The minimum atomic E-state index is -4.98. The normalized spacial score (nSPS) is 11.1. The van der Waals surface area contributed by atoms with Gasteiger partial charge in [-0.15, -0.1) is 0 Å². The Balaban J connectivity index is 2.15. The Morgan fingerprint density at radius 2 is 2.04 bits per heavy atom. The van der Waals surface area contributed by atoms with E-state index in [1.54, 1.807) is 0 Å². The number of halogens is 3. The minimum absolute atomic E-state index is 0.00153. The number of amides is 2. The first-order valence-corrected chi connectivity index (χ1v) is 7.77. The first-order chi connectivity index (χ1) is 12.2. The zero-order valence-corrected chi connectivity index (χ0v) is 14.1. The highest BCUT2D eigenvalue weighted by molar-refractivity contribution is 6.07. The van der Waals surface area contributed by atoms with Gasteiger partial charge in [0.15, 0.2) is 0 Å². The van der Waals surface area contributed by atoms with Crippen molar-refractivity contribution in [2.45, 2.75) is 19.5 Å². The van der Waals surface area contributed by atoms with E-state index >= 15 is 0 Å². The molecule has 0 spiro atoms. The maximum absolute atomic E-state index is 12.5. The van der Waals surface area contributed by atoms with E-state index < -0.39 is 18.0 Å². The van der Waals surface area contributed by atoms with E-state index in [0.717, 1.165) is 13.5 Å². The van der Waals surface area contributed by atoms with E-state index in [4.69, 9.17) is 0 Å². The number of anilines is 3. The predicted octanol–water partition coefficient (Wildman–Crippen LogP) is 3.01. The van der Waals surface area contributed by atoms with Crippen LogP contribution in [-0.4, -0.2) is 41.8 Å². The van der Waals surface area contributed by atoms with Crippen molar-refractivity contribution in [2.24, 2.45) is 0 Å². The number of alkyl halides is 3. The van der Waals surface area contributed by atoms with Gasteiger partial charge >= 0.3 is 12.1 Å². The lowest BCUT2D eigenvalue weighted by Gasteiger charge is -2.19. The molecule has 0 aliphatic rings. The molecule has 0 unspecified atom stereocenters. The molecule has 2 aromatic rings. The Kier molecular flexibility index (Phi) is 5.86. The number of nitrogens with one attached hydrogen (secondary N) is 3. The number of hydrogen-bond donors (Lipinski definition) is 3. The first kappa shape index (κ1) is 19.3. The molecule has 1 aromatic carbocycles. The lowest BCUT2D eigenvalue weighted by atomic mass is 10.2. The van der Waals surface area contributed by atoms with Crippen molar-refractivity contribution in [2.75, 3.05) is 29.1 Å². The Morgan fingerprint density at radius 3 is 2.69 bits per heavy atom. The van der Waals surface area contributed by atoms with Crippen molar-refractivity contribution in [3.63, 3.8) is 0 Å². The fourth-order valence-corrected chi connectivity index (χ4v) is 2.14. The number of aromatic amines is 1. The Bertz CT molecular complexity index is 788. The monoisotopic (exact) mass is 369 g/mol. The number of carbonyl (C=O) groups is 2. The van der Waals surface area contributed by atoms with Crippen LogP contribution in [0.2, 0.25) is 0 Å². The van der Waals surface area contributed by atoms with Gasteiger partial charge in [-0.1, -0.05) is 13.0 Å². The molecule has 140 valence electrons. The molecule has 3 N–H and O–H groups in total. The highest BCUT2D eigenvalue weighted by Gasteiger charge is 2.41. The second-order valence-corrected chi connectivity index (χ2v) is 5.45. The van der Waals surface area contributed by atoms with Crippen LogP contribution in [0.3, 0.4) is 0 Å². The van der Waals surface area contributed by atoms with Gasteiger partial charge in [0.05, 0.1) is 6.20 Å². The summed E-state index contributed by atoms with van der Waals surface area (Å²) in [5.74, 6) is -2.04. The van der Waals surface area contributed by atoms with Crippen LogP contribution in [0, 0.1) is 0 Å². The zero-order chi connectivity index (χ0) is 19.3. The molecule has 0 bridgehead atoms. The van der Waals surface area contributed by atoms with Gasteiger partial charge < -0.3 is 15.5 Å². The van der Waals surface area contributed by atoms with Gasteiger partial charge in [0.25, 0.3) is 5.91 Å². The van der Waals surface area contributed by atoms with Crippen molar-refractivity contribution in [1.82, 2.24) is 10.2 Å². The Morgan fingerprint density at radius 1 is 1.31 bits per heavy atom. The number of nitrogens with zero attached hydrogens (tertiary/aromatic N) is 2. The third-order valence-corrected chi connectivity index (χ3v) is 3.47. The molecule has 10 heteroatoms. The smallest absolute Gasteiger partial charge is 0.370 e. The fourth-order valence-electron chi connectivity index (χ4n) is 2.14. The molecular formula is C16H18F3N5O2. The molecule has 2 amide bonds. The summed E-state index contributed by atoms with van der Waals surface area (Å²) in [7, 11) is 1.01. The largest absolute Gasteiger partial charge is 0.471 e. The van der Waals surface area contributed by atoms with Crippen LogP contribution < -0.4 is 15.5 Å². The van der Waals surface area contributed by atoms with Crippen LogP contribution in [0.5, 0.6) is 0 Å². The Hall–Kier alpha value is -3.04. The van der Waals surface area contributed by atoms with Gasteiger partial charge in [0.1, 0.15) is 11.4 Å². The van der Waals surface area contributed by atoms with Gasteiger partial charge in [-0.25, -0.2) is 0 Å². The molecule has 26 heavy (non-hydrogen) atoms.